The Hall–Kier alpha value is -0.510. The lowest BCUT2D eigenvalue weighted by molar-refractivity contribution is -0.134. The van der Waals surface area contributed by atoms with E-state index in [1.807, 2.05) is 0 Å². The van der Waals surface area contributed by atoms with Crippen molar-refractivity contribution in [2.45, 2.75) is 6.92 Å². The standard InChI is InChI=1S/C3H3FNOS/c1-3(6)5(4)2-7/h1H3. The lowest BCUT2D eigenvalue weighted by Crippen LogP contribution is -2.15. The first kappa shape index (κ1) is 6.49. The van der Waals surface area contributed by atoms with E-state index >= 15 is 0 Å². The molecule has 0 aliphatic carbocycles. The predicted octanol–water partition coefficient (Wildman–Crippen LogP) is 0.554. The molecule has 7 heavy (non-hydrogen) atoms. The molecule has 0 aliphatic heterocycles. The summed E-state index contributed by atoms with van der Waals surface area (Å²) in [6, 6.07) is 0. The van der Waals surface area contributed by atoms with Crippen LogP contribution in [0.25, 0.3) is 0 Å². The number of thiocarbonyl (C=S) groups is 1. The Morgan fingerprint density at radius 3 is 2.43 bits per heavy atom. The second-order valence-corrected chi connectivity index (χ2v) is 1.07. The normalized spacial score (nSPS) is 7.71. The van der Waals surface area contributed by atoms with Crippen molar-refractivity contribution in [1.82, 2.24) is 5.12 Å². The van der Waals surface area contributed by atoms with Crippen LogP contribution in [0.15, 0.2) is 0 Å². The van der Waals surface area contributed by atoms with Crippen molar-refractivity contribution in [3.63, 3.8) is 0 Å². The van der Waals surface area contributed by atoms with Gasteiger partial charge in [-0.15, -0.1) is 5.12 Å². The summed E-state index contributed by atoms with van der Waals surface area (Å²) in [7, 11) is 0. The van der Waals surface area contributed by atoms with Crippen LogP contribution in [-0.2, 0) is 4.79 Å². The van der Waals surface area contributed by atoms with Crippen LogP contribution in [-0.4, -0.2) is 16.5 Å². The lowest BCUT2D eigenvalue weighted by Gasteiger charge is -1.94. The van der Waals surface area contributed by atoms with Crippen LogP contribution in [0.2, 0.25) is 0 Å². The van der Waals surface area contributed by atoms with E-state index in [4.69, 9.17) is 0 Å². The highest BCUT2D eigenvalue weighted by atomic mass is 32.1. The zero-order chi connectivity index (χ0) is 5.86. The number of carbonyl (C=O) groups is 1. The molecular formula is C3H3FNOS. The number of rotatable bonds is 1. The smallest absolute Gasteiger partial charge is 0.252 e. The maximum atomic E-state index is 11.5. The first-order valence-electron chi connectivity index (χ1n) is 1.52. The highest BCUT2D eigenvalue weighted by Crippen LogP contribution is 1.81. The number of halogens is 1. The van der Waals surface area contributed by atoms with E-state index in [9.17, 15) is 9.28 Å². The summed E-state index contributed by atoms with van der Waals surface area (Å²) in [6.45, 7) is 1.05. The second-order valence-electron chi connectivity index (χ2n) is 0.891. The van der Waals surface area contributed by atoms with E-state index < -0.39 is 5.91 Å². The zero-order valence-corrected chi connectivity index (χ0v) is 4.46. The van der Waals surface area contributed by atoms with Crippen LogP contribution in [0, 0.1) is 0 Å². The molecule has 0 N–H and O–H groups in total. The quantitative estimate of drug-likeness (QED) is 0.286. The number of hydrogen-bond acceptors (Lipinski definition) is 2. The van der Waals surface area contributed by atoms with E-state index in [1.165, 1.54) is 0 Å². The maximum absolute atomic E-state index is 11.5. The average molecular weight is 120 g/mol. The van der Waals surface area contributed by atoms with Gasteiger partial charge < -0.3 is 0 Å². The maximum Gasteiger partial charge on any atom is 0.252 e. The van der Waals surface area contributed by atoms with Crippen LogP contribution < -0.4 is 0 Å². The molecule has 0 saturated carbocycles. The van der Waals surface area contributed by atoms with Crippen molar-refractivity contribution in [3.05, 3.63) is 0 Å². The molecule has 0 bridgehead atoms. The molecule has 0 atom stereocenters. The number of amides is 1. The fourth-order valence-electron chi connectivity index (χ4n) is 0.0643. The largest absolute Gasteiger partial charge is 0.272 e. The summed E-state index contributed by atoms with van der Waals surface area (Å²) in [5, 5.41) is -0.282. The van der Waals surface area contributed by atoms with Crippen molar-refractivity contribution in [2.75, 3.05) is 0 Å². The Morgan fingerprint density at radius 1 is 2.00 bits per heavy atom. The molecule has 0 aromatic heterocycles. The van der Waals surface area contributed by atoms with Crippen molar-refractivity contribution in [3.8, 4) is 0 Å². The van der Waals surface area contributed by atoms with Crippen molar-refractivity contribution < 1.29 is 9.28 Å². The van der Waals surface area contributed by atoms with Gasteiger partial charge in [0.1, 0.15) is 0 Å². The van der Waals surface area contributed by atoms with E-state index in [-0.39, 0.29) is 5.12 Å². The molecular weight excluding hydrogens is 117 g/mol. The van der Waals surface area contributed by atoms with Gasteiger partial charge in [-0.3, -0.25) is 4.79 Å². The fraction of sp³-hybridized carbons (Fsp3) is 0.333. The number of carbonyl (C=O) groups excluding carboxylic acids is 1. The Balaban J connectivity index is 3.55. The molecule has 0 rings (SSSR count). The summed E-state index contributed by atoms with van der Waals surface area (Å²) >= 11 is 3.93. The molecule has 2 nitrogen and oxygen atoms in total. The lowest BCUT2D eigenvalue weighted by atomic mass is 10.7. The van der Waals surface area contributed by atoms with Gasteiger partial charge in [0, 0.05) is 6.92 Å². The van der Waals surface area contributed by atoms with Gasteiger partial charge in [-0.05, 0) is 0 Å². The van der Waals surface area contributed by atoms with Gasteiger partial charge in [-0.2, -0.15) is 0 Å². The molecule has 0 fully saturated rings. The Bertz CT molecular complexity index is 94.9. The van der Waals surface area contributed by atoms with Gasteiger partial charge in [-0.25, -0.2) is 0 Å². The molecule has 0 aliphatic rings. The third-order valence-corrected chi connectivity index (χ3v) is 0.517. The van der Waals surface area contributed by atoms with Crippen LogP contribution in [0.3, 0.4) is 0 Å². The Morgan fingerprint density at radius 2 is 2.43 bits per heavy atom. The molecule has 4 heteroatoms. The Kier molecular flexibility index (Phi) is 2.44. The molecule has 0 heterocycles. The molecule has 1 radical (unpaired) electrons. The van der Waals surface area contributed by atoms with E-state index in [0.717, 1.165) is 6.92 Å². The topological polar surface area (TPSA) is 20.3 Å². The first-order valence-corrected chi connectivity index (χ1v) is 1.93. The third kappa shape index (κ3) is 2.22. The van der Waals surface area contributed by atoms with Crippen LogP contribution >= 0.6 is 12.2 Å². The van der Waals surface area contributed by atoms with Gasteiger partial charge in [0.25, 0.3) is 5.91 Å². The molecule has 0 unspecified atom stereocenters. The van der Waals surface area contributed by atoms with E-state index in [1.54, 1.807) is 5.49 Å². The summed E-state index contributed by atoms with van der Waals surface area (Å²) in [4.78, 5) is 9.80. The van der Waals surface area contributed by atoms with Crippen molar-refractivity contribution >= 4 is 23.6 Å². The Labute approximate surface area is 45.9 Å². The van der Waals surface area contributed by atoms with Gasteiger partial charge in [0.15, 0.2) is 5.49 Å². The van der Waals surface area contributed by atoms with Crippen LogP contribution in [0.5, 0.6) is 0 Å². The van der Waals surface area contributed by atoms with E-state index in [0.29, 0.717) is 0 Å². The zero-order valence-electron chi connectivity index (χ0n) is 3.64. The van der Waals surface area contributed by atoms with Crippen LogP contribution in [0.1, 0.15) is 6.92 Å². The highest BCUT2D eigenvalue weighted by molar-refractivity contribution is 7.78. The van der Waals surface area contributed by atoms with Gasteiger partial charge >= 0.3 is 0 Å². The minimum absolute atomic E-state index is 0.282. The summed E-state index contributed by atoms with van der Waals surface area (Å²) in [5.74, 6) is -0.755. The molecule has 1 amide bonds. The monoisotopic (exact) mass is 120 g/mol. The summed E-state index contributed by atoms with van der Waals surface area (Å²) in [6.07, 6.45) is 0. The van der Waals surface area contributed by atoms with E-state index in [2.05, 4.69) is 12.2 Å². The van der Waals surface area contributed by atoms with Gasteiger partial charge in [0.05, 0.1) is 0 Å². The molecule has 39 valence electrons. The highest BCUT2D eigenvalue weighted by Gasteiger charge is 1.99. The second kappa shape index (κ2) is 2.63. The molecule has 0 saturated heterocycles. The molecule has 0 spiro atoms. The van der Waals surface area contributed by atoms with Crippen molar-refractivity contribution in [2.24, 2.45) is 0 Å². The van der Waals surface area contributed by atoms with Gasteiger partial charge in [-0.1, -0.05) is 16.7 Å². The summed E-state index contributed by atoms with van der Waals surface area (Å²) < 4.78 is 11.5. The van der Waals surface area contributed by atoms with Crippen LogP contribution in [0.4, 0.5) is 4.48 Å². The summed E-state index contributed by atoms with van der Waals surface area (Å²) in [5.41, 5.74) is 1.56. The van der Waals surface area contributed by atoms with Crippen molar-refractivity contribution in [1.29, 1.82) is 0 Å². The average Bonchev–Trinajstić information content (AvgIpc) is 1.65. The predicted molar refractivity (Wildman–Crippen MR) is 26.2 cm³/mol. The van der Waals surface area contributed by atoms with Gasteiger partial charge in [0.2, 0.25) is 0 Å². The molecule has 0 aromatic carbocycles. The first-order chi connectivity index (χ1) is 3.18. The SMILES string of the molecule is CC(=O)N(F)[C]=S. The molecule has 0 aromatic rings. The fourth-order valence-corrected chi connectivity index (χ4v) is 0.193. The number of hydrogen-bond donors (Lipinski definition) is 0. The minimum Gasteiger partial charge on any atom is -0.272 e. The number of nitrogens with zero attached hydrogens (tertiary/aromatic N) is 1. The third-order valence-electron chi connectivity index (χ3n) is 0.357. The minimum atomic E-state index is -0.755.